The van der Waals surface area contributed by atoms with E-state index in [9.17, 15) is 8.42 Å². The van der Waals surface area contributed by atoms with Gasteiger partial charge in [-0.25, -0.2) is 13.1 Å². The van der Waals surface area contributed by atoms with E-state index in [1.165, 1.54) is 11.8 Å². The SMILES string of the molecule is CC(C)C(CO)NS(=O)(=O)CCSc1ccc(N)cc1. The lowest BCUT2D eigenvalue weighted by Crippen LogP contribution is -2.42. The van der Waals surface area contributed by atoms with Crippen LogP contribution in [0.5, 0.6) is 0 Å². The molecule has 0 radical (unpaired) electrons. The highest BCUT2D eigenvalue weighted by molar-refractivity contribution is 8.00. The standard InChI is InChI=1S/C13H22N2O3S2/c1-10(2)13(9-16)15-20(17,18)8-7-19-12-5-3-11(14)4-6-12/h3-6,10,13,15-16H,7-9,14H2,1-2H3. The fourth-order valence-corrected chi connectivity index (χ4v) is 4.21. The van der Waals surface area contributed by atoms with Gasteiger partial charge in [0.15, 0.2) is 0 Å². The molecule has 0 aliphatic heterocycles. The molecule has 0 heterocycles. The van der Waals surface area contributed by atoms with Gasteiger partial charge in [-0.1, -0.05) is 13.8 Å². The van der Waals surface area contributed by atoms with Crippen molar-refractivity contribution < 1.29 is 13.5 Å². The second-order valence-corrected chi connectivity index (χ2v) is 7.93. The van der Waals surface area contributed by atoms with Crippen molar-refractivity contribution in [3.63, 3.8) is 0 Å². The molecule has 1 rings (SSSR count). The van der Waals surface area contributed by atoms with Crippen molar-refractivity contribution in [2.24, 2.45) is 5.92 Å². The van der Waals surface area contributed by atoms with Gasteiger partial charge in [0.1, 0.15) is 0 Å². The number of thioether (sulfide) groups is 1. The Morgan fingerprint density at radius 3 is 2.40 bits per heavy atom. The Bertz CT molecular complexity index is 501. The molecule has 0 saturated carbocycles. The molecule has 5 nitrogen and oxygen atoms in total. The summed E-state index contributed by atoms with van der Waals surface area (Å²) in [5.74, 6) is 0.528. The molecule has 114 valence electrons. The number of aliphatic hydroxyl groups is 1. The number of nitrogen functional groups attached to an aromatic ring is 1. The number of nitrogens with two attached hydrogens (primary N) is 1. The van der Waals surface area contributed by atoms with Crippen molar-refractivity contribution in [2.75, 3.05) is 23.8 Å². The Hall–Kier alpha value is -0.760. The summed E-state index contributed by atoms with van der Waals surface area (Å²) in [5, 5.41) is 9.15. The Morgan fingerprint density at radius 2 is 1.90 bits per heavy atom. The molecular formula is C13H22N2O3S2. The molecule has 0 amide bonds. The van der Waals surface area contributed by atoms with E-state index in [2.05, 4.69) is 4.72 Å². The van der Waals surface area contributed by atoms with E-state index in [-0.39, 0.29) is 18.3 Å². The van der Waals surface area contributed by atoms with Crippen LogP contribution in [0, 0.1) is 5.92 Å². The first kappa shape index (κ1) is 17.3. The van der Waals surface area contributed by atoms with Gasteiger partial charge in [-0.2, -0.15) is 0 Å². The summed E-state index contributed by atoms with van der Waals surface area (Å²) in [6.45, 7) is 3.54. The maximum absolute atomic E-state index is 11.9. The van der Waals surface area contributed by atoms with Crippen LogP contribution in [0.25, 0.3) is 0 Å². The van der Waals surface area contributed by atoms with Crippen molar-refractivity contribution in [3.8, 4) is 0 Å². The molecular weight excluding hydrogens is 296 g/mol. The van der Waals surface area contributed by atoms with E-state index in [0.29, 0.717) is 11.4 Å². The number of aliphatic hydroxyl groups excluding tert-OH is 1. The van der Waals surface area contributed by atoms with Crippen molar-refractivity contribution >= 4 is 27.5 Å². The lowest BCUT2D eigenvalue weighted by Gasteiger charge is -2.19. The van der Waals surface area contributed by atoms with Gasteiger partial charge in [-0.05, 0) is 30.2 Å². The first-order chi connectivity index (χ1) is 9.34. The first-order valence-electron chi connectivity index (χ1n) is 6.43. The van der Waals surface area contributed by atoms with Gasteiger partial charge >= 0.3 is 0 Å². The summed E-state index contributed by atoms with van der Waals surface area (Å²) in [7, 11) is -3.37. The van der Waals surface area contributed by atoms with Gasteiger partial charge in [-0.3, -0.25) is 0 Å². The highest BCUT2D eigenvalue weighted by atomic mass is 32.2. The van der Waals surface area contributed by atoms with Crippen LogP contribution in [0.4, 0.5) is 5.69 Å². The molecule has 0 aromatic heterocycles. The van der Waals surface area contributed by atoms with Crippen molar-refractivity contribution in [2.45, 2.75) is 24.8 Å². The van der Waals surface area contributed by atoms with Gasteiger partial charge < -0.3 is 10.8 Å². The topological polar surface area (TPSA) is 92.4 Å². The Labute approximate surface area is 125 Å². The number of rotatable bonds is 8. The van der Waals surface area contributed by atoms with Gasteiger partial charge in [0.05, 0.1) is 12.4 Å². The molecule has 0 spiro atoms. The fourth-order valence-electron chi connectivity index (χ4n) is 1.51. The minimum absolute atomic E-state index is 0.0191. The third kappa shape index (κ3) is 6.13. The van der Waals surface area contributed by atoms with Crippen molar-refractivity contribution in [1.29, 1.82) is 0 Å². The van der Waals surface area contributed by atoms with Gasteiger partial charge in [0.2, 0.25) is 10.0 Å². The number of benzene rings is 1. The van der Waals surface area contributed by atoms with Crippen LogP contribution in [0.15, 0.2) is 29.2 Å². The molecule has 7 heteroatoms. The Balaban J connectivity index is 2.45. The number of hydrogen-bond acceptors (Lipinski definition) is 5. The molecule has 1 atom stereocenters. The van der Waals surface area contributed by atoms with Crippen LogP contribution in [0.1, 0.15) is 13.8 Å². The average Bonchev–Trinajstić information content (AvgIpc) is 2.38. The zero-order valence-electron chi connectivity index (χ0n) is 11.7. The van der Waals surface area contributed by atoms with Gasteiger partial charge in [0, 0.05) is 22.4 Å². The summed E-state index contributed by atoms with van der Waals surface area (Å²) in [5.41, 5.74) is 6.27. The van der Waals surface area contributed by atoms with Crippen LogP contribution in [-0.4, -0.2) is 37.7 Å². The Kier molecular flexibility index (Phi) is 6.81. The van der Waals surface area contributed by atoms with Crippen LogP contribution >= 0.6 is 11.8 Å². The van der Waals surface area contributed by atoms with Gasteiger partial charge in [-0.15, -0.1) is 11.8 Å². The zero-order chi connectivity index (χ0) is 15.2. The molecule has 1 unspecified atom stereocenters. The predicted molar refractivity (Wildman–Crippen MR) is 84.2 cm³/mol. The van der Waals surface area contributed by atoms with Crippen molar-refractivity contribution in [1.82, 2.24) is 4.72 Å². The van der Waals surface area contributed by atoms with Crippen LogP contribution in [0.3, 0.4) is 0 Å². The van der Waals surface area contributed by atoms with E-state index in [0.717, 1.165) is 4.90 Å². The number of nitrogens with one attached hydrogen (secondary N) is 1. The highest BCUT2D eigenvalue weighted by Gasteiger charge is 2.19. The molecule has 1 aromatic rings. The quantitative estimate of drug-likeness (QED) is 0.496. The molecule has 0 aliphatic carbocycles. The molecule has 0 aliphatic rings. The second kappa shape index (κ2) is 7.87. The summed E-state index contributed by atoms with van der Waals surface area (Å²) in [4.78, 5) is 0.983. The lowest BCUT2D eigenvalue weighted by molar-refractivity contribution is 0.228. The minimum Gasteiger partial charge on any atom is -0.399 e. The van der Waals surface area contributed by atoms with Gasteiger partial charge in [0.25, 0.3) is 0 Å². The largest absolute Gasteiger partial charge is 0.399 e. The zero-order valence-corrected chi connectivity index (χ0v) is 13.4. The third-order valence-corrected chi connectivity index (χ3v) is 5.51. The van der Waals surface area contributed by atoms with Crippen molar-refractivity contribution in [3.05, 3.63) is 24.3 Å². The third-order valence-electron chi connectivity index (χ3n) is 2.83. The van der Waals surface area contributed by atoms with E-state index < -0.39 is 16.1 Å². The molecule has 20 heavy (non-hydrogen) atoms. The lowest BCUT2D eigenvalue weighted by atomic mass is 10.1. The normalized spacial score (nSPS) is 13.6. The molecule has 4 N–H and O–H groups in total. The van der Waals surface area contributed by atoms with E-state index in [4.69, 9.17) is 10.8 Å². The monoisotopic (exact) mass is 318 g/mol. The first-order valence-corrected chi connectivity index (χ1v) is 9.07. The molecule has 0 fully saturated rings. The maximum Gasteiger partial charge on any atom is 0.212 e. The molecule has 0 saturated heterocycles. The molecule has 1 aromatic carbocycles. The molecule has 0 bridgehead atoms. The summed E-state index contributed by atoms with van der Waals surface area (Å²) >= 11 is 1.46. The minimum atomic E-state index is -3.37. The Morgan fingerprint density at radius 1 is 1.30 bits per heavy atom. The predicted octanol–water partition coefficient (Wildman–Crippen LogP) is 1.30. The highest BCUT2D eigenvalue weighted by Crippen LogP contribution is 2.19. The van der Waals surface area contributed by atoms with E-state index in [1.807, 2.05) is 26.0 Å². The van der Waals surface area contributed by atoms with Crippen LogP contribution in [-0.2, 0) is 10.0 Å². The fraction of sp³-hybridized carbons (Fsp3) is 0.538. The summed E-state index contributed by atoms with van der Waals surface area (Å²) in [6.07, 6.45) is 0. The summed E-state index contributed by atoms with van der Waals surface area (Å²) in [6, 6.07) is 6.88. The average molecular weight is 318 g/mol. The summed E-state index contributed by atoms with van der Waals surface area (Å²) < 4.78 is 26.3. The number of sulfonamides is 1. The smallest absolute Gasteiger partial charge is 0.212 e. The number of anilines is 1. The van der Waals surface area contributed by atoms with Crippen LogP contribution < -0.4 is 10.5 Å². The van der Waals surface area contributed by atoms with E-state index >= 15 is 0 Å². The van der Waals surface area contributed by atoms with E-state index in [1.54, 1.807) is 12.1 Å². The maximum atomic E-state index is 11.9. The second-order valence-electron chi connectivity index (χ2n) is 4.89. The number of hydrogen-bond donors (Lipinski definition) is 3. The van der Waals surface area contributed by atoms with Crippen LogP contribution in [0.2, 0.25) is 0 Å².